The van der Waals surface area contributed by atoms with Crippen molar-refractivity contribution in [2.45, 2.75) is 12.2 Å². The quantitative estimate of drug-likeness (QED) is 0.855. The number of amides is 1. The van der Waals surface area contributed by atoms with E-state index in [4.69, 9.17) is 11.6 Å². The van der Waals surface area contributed by atoms with Crippen molar-refractivity contribution in [1.82, 2.24) is 15.2 Å². The minimum absolute atomic E-state index is 0.188. The van der Waals surface area contributed by atoms with Crippen LogP contribution in [0.5, 0.6) is 5.88 Å². The van der Waals surface area contributed by atoms with Crippen LogP contribution in [0.15, 0.2) is 42.6 Å². The Hall–Kier alpha value is -2.32. The zero-order chi connectivity index (χ0) is 19.4. The number of hydrogen-bond acceptors (Lipinski definition) is 4. The monoisotopic (exact) mass is 399 g/mol. The number of pyridine rings is 1. The van der Waals surface area contributed by atoms with Gasteiger partial charge < -0.3 is 15.0 Å². The van der Waals surface area contributed by atoms with E-state index < -0.39 is 12.8 Å². The summed E-state index contributed by atoms with van der Waals surface area (Å²) in [5.41, 5.74) is 1.10. The van der Waals surface area contributed by atoms with Gasteiger partial charge in [0.1, 0.15) is 0 Å². The van der Waals surface area contributed by atoms with Gasteiger partial charge in [-0.15, -0.1) is 0 Å². The highest BCUT2D eigenvalue weighted by atomic mass is 35.5. The van der Waals surface area contributed by atoms with Crippen LogP contribution in [0.2, 0.25) is 5.02 Å². The zero-order valence-corrected chi connectivity index (χ0v) is 14.9. The van der Waals surface area contributed by atoms with Crippen LogP contribution in [0.3, 0.4) is 0 Å². The first-order chi connectivity index (χ1) is 12.8. The Kier molecular flexibility index (Phi) is 5.86. The number of benzene rings is 1. The Labute approximate surface area is 159 Å². The normalized spacial score (nSPS) is 17.6. The maximum Gasteiger partial charge on any atom is 0.422 e. The first-order valence-corrected chi connectivity index (χ1v) is 8.64. The summed E-state index contributed by atoms with van der Waals surface area (Å²) in [6.07, 6.45) is -3.22. The van der Waals surface area contributed by atoms with E-state index in [-0.39, 0.29) is 23.4 Å². The molecule has 0 saturated carbocycles. The van der Waals surface area contributed by atoms with Crippen LogP contribution in [0.25, 0.3) is 0 Å². The summed E-state index contributed by atoms with van der Waals surface area (Å²) in [7, 11) is 0. The van der Waals surface area contributed by atoms with E-state index in [0.717, 1.165) is 5.56 Å². The summed E-state index contributed by atoms with van der Waals surface area (Å²) < 4.78 is 41.2. The molecule has 1 aliphatic heterocycles. The summed E-state index contributed by atoms with van der Waals surface area (Å²) >= 11 is 6.28. The largest absolute Gasteiger partial charge is 0.468 e. The smallest absolute Gasteiger partial charge is 0.422 e. The van der Waals surface area contributed by atoms with Crippen molar-refractivity contribution in [1.29, 1.82) is 0 Å². The van der Waals surface area contributed by atoms with Crippen molar-refractivity contribution < 1.29 is 22.7 Å². The van der Waals surface area contributed by atoms with Gasteiger partial charge in [0.2, 0.25) is 5.88 Å². The molecular formula is C18H17ClF3N3O2. The Morgan fingerprint density at radius 3 is 2.74 bits per heavy atom. The Morgan fingerprint density at radius 1 is 1.30 bits per heavy atom. The molecule has 1 fully saturated rings. The molecule has 1 N–H and O–H groups in total. The van der Waals surface area contributed by atoms with Crippen LogP contribution in [0, 0.1) is 0 Å². The van der Waals surface area contributed by atoms with Crippen molar-refractivity contribution in [2.75, 3.05) is 26.2 Å². The SMILES string of the molecule is O=C(c1ccc(OCC(F)(F)F)nc1)N1CCNCC1c1ccccc1Cl. The van der Waals surface area contributed by atoms with E-state index in [1.54, 1.807) is 11.0 Å². The Morgan fingerprint density at radius 2 is 2.07 bits per heavy atom. The molecule has 1 unspecified atom stereocenters. The topological polar surface area (TPSA) is 54.5 Å². The number of nitrogens with one attached hydrogen (secondary N) is 1. The zero-order valence-electron chi connectivity index (χ0n) is 14.2. The Balaban J connectivity index is 1.76. The molecule has 0 radical (unpaired) electrons. The first-order valence-electron chi connectivity index (χ1n) is 8.27. The third-order valence-corrected chi connectivity index (χ3v) is 4.48. The highest BCUT2D eigenvalue weighted by Gasteiger charge is 2.31. The third kappa shape index (κ3) is 4.90. The van der Waals surface area contributed by atoms with Gasteiger partial charge in [0.15, 0.2) is 6.61 Å². The van der Waals surface area contributed by atoms with Crippen molar-refractivity contribution in [3.63, 3.8) is 0 Å². The van der Waals surface area contributed by atoms with Crippen molar-refractivity contribution in [3.05, 3.63) is 58.7 Å². The summed E-state index contributed by atoms with van der Waals surface area (Å²) in [5.74, 6) is -0.455. The molecule has 1 amide bonds. The number of carbonyl (C=O) groups is 1. The number of nitrogens with zero attached hydrogens (tertiary/aromatic N) is 2. The van der Waals surface area contributed by atoms with Crippen molar-refractivity contribution in [3.8, 4) is 5.88 Å². The second-order valence-corrected chi connectivity index (χ2v) is 6.44. The van der Waals surface area contributed by atoms with E-state index in [9.17, 15) is 18.0 Å². The molecule has 0 bridgehead atoms. The fourth-order valence-electron chi connectivity index (χ4n) is 2.88. The molecule has 144 valence electrons. The highest BCUT2D eigenvalue weighted by molar-refractivity contribution is 6.31. The van der Waals surface area contributed by atoms with Crippen LogP contribution in [0.1, 0.15) is 22.0 Å². The second kappa shape index (κ2) is 8.14. The molecule has 2 heterocycles. The molecule has 1 atom stereocenters. The average Bonchev–Trinajstić information content (AvgIpc) is 2.66. The lowest BCUT2D eigenvalue weighted by atomic mass is 10.0. The molecule has 3 rings (SSSR count). The van der Waals surface area contributed by atoms with Crippen LogP contribution in [-0.4, -0.2) is 48.2 Å². The number of alkyl halides is 3. The summed E-state index contributed by atoms with van der Waals surface area (Å²) in [4.78, 5) is 18.4. The molecule has 0 aliphatic carbocycles. The molecule has 1 aliphatic rings. The van der Waals surface area contributed by atoms with Gasteiger partial charge in [-0.1, -0.05) is 29.8 Å². The minimum Gasteiger partial charge on any atom is -0.468 e. The van der Waals surface area contributed by atoms with Gasteiger partial charge in [-0.2, -0.15) is 13.2 Å². The molecule has 27 heavy (non-hydrogen) atoms. The van der Waals surface area contributed by atoms with Crippen molar-refractivity contribution in [2.24, 2.45) is 0 Å². The van der Waals surface area contributed by atoms with Crippen LogP contribution < -0.4 is 10.1 Å². The molecule has 2 aromatic rings. The highest BCUT2D eigenvalue weighted by Crippen LogP contribution is 2.29. The van der Waals surface area contributed by atoms with E-state index in [1.807, 2.05) is 18.2 Å². The first kappa shape index (κ1) is 19.4. The molecular weight excluding hydrogens is 383 g/mol. The van der Waals surface area contributed by atoms with Gasteiger partial charge in [-0.05, 0) is 17.7 Å². The number of rotatable bonds is 4. The predicted molar refractivity (Wildman–Crippen MR) is 93.9 cm³/mol. The van der Waals surface area contributed by atoms with Gasteiger partial charge >= 0.3 is 6.18 Å². The van der Waals surface area contributed by atoms with Crippen molar-refractivity contribution >= 4 is 17.5 Å². The second-order valence-electron chi connectivity index (χ2n) is 6.03. The van der Waals surface area contributed by atoms with Gasteiger partial charge in [0.05, 0.1) is 11.6 Å². The van der Waals surface area contributed by atoms with Gasteiger partial charge in [-0.25, -0.2) is 4.98 Å². The maximum absolute atomic E-state index is 12.9. The van der Waals surface area contributed by atoms with Gasteiger partial charge in [-0.3, -0.25) is 4.79 Å². The lowest BCUT2D eigenvalue weighted by Gasteiger charge is -2.37. The average molecular weight is 400 g/mol. The number of ether oxygens (including phenoxy) is 1. The number of aromatic nitrogens is 1. The standard InChI is InChI=1S/C18H17ClF3N3O2/c19-14-4-2-1-3-13(14)15-10-23-7-8-25(15)17(26)12-5-6-16(24-9-12)27-11-18(20,21)22/h1-6,9,15,23H,7-8,10-11H2. The number of carbonyl (C=O) groups excluding carboxylic acids is 1. The summed E-state index contributed by atoms with van der Waals surface area (Å²) in [5, 5.41) is 3.81. The van der Waals surface area contributed by atoms with E-state index in [1.165, 1.54) is 18.3 Å². The number of halogens is 4. The fraction of sp³-hybridized carbons (Fsp3) is 0.333. The van der Waals surface area contributed by atoms with Gasteiger partial charge in [0.25, 0.3) is 5.91 Å². The molecule has 1 saturated heterocycles. The molecule has 1 aromatic heterocycles. The Bertz CT molecular complexity index is 799. The number of piperazine rings is 1. The summed E-state index contributed by atoms with van der Waals surface area (Å²) in [6.45, 7) is 0.225. The molecule has 5 nitrogen and oxygen atoms in total. The van der Waals surface area contributed by atoms with Crippen LogP contribution in [-0.2, 0) is 0 Å². The minimum atomic E-state index is -4.45. The maximum atomic E-state index is 12.9. The third-order valence-electron chi connectivity index (χ3n) is 4.14. The lowest BCUT2D eigenvalue weighted by Crippen LogP contribution is -2.48. The van der Waals surface area contributed by atoms with E-state index >= 15 is 0 Å². The van der Waals surface area contributed by atoms with E-state index in [0.29, 0.717) is 24.7 Å². The van der Waals surface area contributed by atoms with Crippen LogP contribution in [0.4, 0.5) is 13.2 Å². The number of hydrogen-bond donors (Lipinski definition) is 1. The lowest BCUT2D eigenvalue weighted by molar-refractivity contribution is -0.154. The molecule has 0 spiro atoms. The fourth-order valence-corrected chi connectivity index (χ4v) is 3.15. The summed E-state index contributed by atoms with van der Waals surface area (Å²) in [6, 6.07) is 9.72. The van der Waals surface area contributed by atoms with E-state index in [2.05, 4.69) is 15.0 Å². The van der Waals surface area contributed by atoms with Crippen LogP contribution >= 0.6 is 11.6 Å². The molecule has 1 aromatic carbocycles. The predicted octanol–water partition coefficient (Wildman–Crippen LogP) is 3.46. The molecule has 9 heteroatoms. The van der Waals surface area contributed by atoms with Gasteiger partial charge in [0, 0.05) is 36.9 Å².